The minimum atomic E-state index is -4.65. The number of likely N-dealkylation sites (tertiary alicyclic amines) is 1. The number of benzene rings is 1. The van der Waals surface area contributed by atoms with E-state index in [2.05, 4.69) is 15.6 Å². The third-order valence-electron chi connectivity index (χ3n) is 7.33. The Morgan fingerprint density at radius 3 is 2.58 bits per heavy atom. The lowest BCUT2D eigenvalue weighted by molar-refractivity contribution is -0.137. The lowest BCUT2D eigenvalue weighted by Gasteiger charge is -2.30. The van der Waals surface area contributed by atoms with Crippen LogP contribution in [0.1, 0.15) is 65.8 Å². The third kappa shape index (κ3) is 4.65. The van der Waals surface area contributed by atoms with Gasteiger partial charge in [0.15, 0.2) is 0 Å². The first-order valence-corrected chi connectivity index (χ1v) is 12.3. The van der Waals surface area contributed by atoms with Gasteiger partial charge in [-0.25, -0.2) is 4.39 Å². The van der Waals surface area contributed by atoms with Crippen LogP contribution in [0.5, 0.6) is 0 Å². The molecule has 1 aromatic heterocycles. The number of pyridine rings is 1. The first-order chi connectivity index (χ1) is 17.1. The van der Waals surface area contributed by atoms with Crippen LogP contribution in [-0.4, -0.2) is 40.3 Å². The number of nitrogens with zero attached hydrogens (tertiary/aromatic N) is 2. The van der Waals surface area contributed by atoms with E-state index in [1.54, 1.807) is 24.1 Å². The van der Waals surface area contributed by atoms with E-state index in [9.17, 15) is 27.2 Å². The van der Waals surface area contributed by atoms with Crippen LogP contribution in [0, 0.1) is 24.6 Å². The van der Waals surface area contributed by atoms with E-state index in [1.165, 1.54) is 0 Å². The van der Waals surface area contributed by atoms with Gasteiger partial charge in [0, 0.05) is 23.8 Å². The zero-order valence-corrected chi connectivity index (χ0v) is 20.0. The van der Waals surface area contributed by atoms with Crippen molar-refractivity contribution in [2.45, 2.75) is 63.8 Å². The van der Waals surface area contributed by atoms with Gasteiger partial charge >= 0.3 is 6.18 Å². The zero-order chi connectivity index (χ0) is 25.8. The van der Waals surface area contributed by atoms with Crippen molar-refractivity contribution in [2.75, 3.05) is 11.9 Å². The third-order valence-corrected chi connectivity index (χ3v) is 7.33. The summed E-state index contributed by atoms with van der Waals surface area (Å²) in [4.78, 5) is 33.0. The van der Waals surface area contributed by atoms with Crippen molar-refractivity contribution >= 4 is 17.5 Å². The molecule has 2 aromatic rings. The number of amides is 2. The van der Waals surface area contributed by atoms with Crippen LogP contribution in [0.25, 0.3) is 0 Å². The summed E-state index contributed by atoms with van der Waals surface area (Å²) in [6.07, 6.45) is -0.220. The van der Waals surface area contributed by atoms with Gasteiger partial charge in [0.05, 0.1) is 29.1 Å². The van der Waals surface area contributed by atoms with Gasteiger partial charge in [-0.3, -0.25) is 14.6 Å². The number of piperidine rings is 1. The van der Waals surface area contributed by atoms with E-state index in [1.807, 2.05) is 6.92 Å². The fraction of sp³-hybridized carbons (Fsp3) is 0.500. The molecule has 1 aliphatic heterocycles. The van der Waals surface area contributed by atoms with Crippen LogP contribution in [0.15, 0.2) is 30.5 Å². The molecule has 192 valence electrons. The number of aromatic nitrogens is 1. The highest BCUT2D eigenvalue weighted by molar-refractivity contribution is 6.02. The van der Waals surface area contributed by atoms with Gasteiger partial charge in [-0.1, -0.05) is 6.07 Å². The number of carbonyl (C=O) groups is 2. The molecule has 6 nitrogen and oxygen atoms in total. The Morgan fingerprint density at radius 1 is 1.19 bits per heavy atom. The van der Waals surface area contributed by atoms with Crippen molar-refractivity contribution in [2.24, 2.45) is 11.8 Å². The number of aryl methyl sites for hydroxylation is 1. The molecule has 10 heteroatoms. The SMILES string of the molecule is CCNc1cnc(C)cc1C(=O)N1[C@@H](C(=O)NC(c2ccc(C(F)(F)F)cc2F)C2CC2)C[C@H]2C[C@H]21. The summed E-state index contributed by atoms with van der Waals surface area (Å²) >= 11 is 0. The van der Waals surface area contributed by atoms with Gasteiger partial charge in [-0.05, 0) is 69.6 Å². The van der Waals surface area contributed by atoms with Crippen LogP contribution < -0.4 is 10.6 Å². The number of alkyl halides is 3. The molecule has 3 fully saturated rings. The second-order valence-electron chi connectivity index (χ2n) is 9.99. The number of rotatable bonds is 7. The van der Waals surface area contributed by atoms with Gasteiger partial charge < -0.3 is 15.5 Å². The van der Waals surface area contributed by atoms with Gasteiger partial charge in [-0.15, -0.1) is 0 Å². The maximum atomic E-state index is 14.8. The molecular formula is C26H28F4N4O2. The Bertz CT molecular complexity index is 1200. The summed E-state index contributed by atoms with van der Waals surface area (Å²) in [7, 11) is 0. The fourth-order valence-electron chi connectivity index (χ4n) is 5.27. The first-order valence-electron chi connectivity index (χ1n) is 12.3. The predicted octanol–water partition coefficient (Wildman–Crippen LogP) is 4.85. The molecule has 5 rings (SSSR count). The molecule has 36 heavy (non-hydrogen) atoms. The molecule has 2 heterocycles. The topological polar surface area (TPSA) is 74.3 Å². The van der Waals surface area contributed by atoms with Crippen LogP contribution in [0.2, 0.25) is 0 Å². The number of carbonyl (C=O) groups excluding carboxylic acids is 2. The Balaban J connectivity index is 1.38. The molecule has 2 saturated carbocycles. The Morgan fingerprint density at radius 2 is 1.94 bits per heavy atom. The second-order valence-corrected chi connectivity index (χ2v) is 9.99. The van der Waals surface area contributed by atoms with Gasteiger partial charge in [-0.2, -0.15) is 13.2 Å². The van der Waals surface area contributed by atoms with Crippen molar-refractivity contribution in [1.82, 2.24) is 15.2 Å². The zero-order valence-electron chi connectivity index (χ0n) is 20.0. The molecule has 1 aromatic carbocycles. The summed E-state index contributed by atoms with van der Waals surface area (Å²) in [6, 6.07) is 2.64. The highest BCUT2D eigenvalue weighted by Gasteiger charge is 2.56. The molecule has 2 N–H and O–H groups in total. The maximum Gasteiger partial charge on any atom is 0.416 e. The predicted molar refractivity (Wildman–Crippen MR) is 125 cm³/mol. The first kappa shape index (κ1) is 24.5. The van der Waals surface area contributed by atoms with Crippen molar-refractivity contribution in [3.63, 3.8) is 0 Å². The van der Waals surface area contributed by atoms with Gasteiger partial charge in [0.2, 0.25) is 5.91 Å². The van der Waals surface area contributed by atoms with E-state index in [0.29, 0.717) is 36.0 Å². The molecule has 1 saturated heterocycles. The van der Waals surface area contributed by atoms with E-state index in [-0.39, 0.29) is 29.3 Å². The molecular weight excluding hydrogens is 476 g/mol. The normalized spacial score (nSPS) is 23.7. The average Bonchev–Trinajstić information content (AvgIpc) is 3.76. The lowest BCUT2D eigenvalue weighted by Crippen LogP contribution is -2.49. The van der Waals surface area contributed by atoms with E-state index < -0.39 is 35.5 Å². The van der Waals surface area contributed by atoms with Crippen LogP contribution in [0.4, 0.5) is 23.2 Å². The molecule has 3 aliphatic rings. The van der Waals surface area contributed by atoms with Crippen LogP contribution in [-0.2, 0) is 11.0 Å². The Labute approximate surface area is 206 Å². The average molecular weight is 505 g/mol. The number of hydrogen-bond donors (Lipinski definition) is 2. The highest BCUT2D eigenvalue weighted by atomic mass is 19.4. The quantitative estimate of drug-likeness (QED) is 0.529. The summed E-state index contributed by atoms with van der Waals surface area (Å²) in [5.41, 5.74) is 0.695. The second kappa shape index (κ2) is 9.05. The monoisotopic (exact) mass is 504 g/mol. The number of nitrogens with one attached hydrogen (secondary N) is 2. The molecule has 0 spiro atoms. The minimum Gasteiger partial charge on any atom is -0.383 e. The molecule has 2 amide bonds. The molecule has 2 aliphatic carbocycles. The largest absolute Gasteiger partial charge is 0.416 e. The van der Waals surface area contributed by atoms with E-state index in [4.69, 9.17) is 0 Å². The Kier molecular flexibility index (Phi) is 6.16. The van der Waals surface area contributed by atoms with Gasteiger partial charge in [0.1, 0.15) is 11.9 Å². The number of hydrogen-bond acceptors (Lipinski definition) is 4. The number of anilines is 1. The number of fused-ring (bicyclic) bond motifs is 1. The standard InChI is InChI=1S/C26H28F4N4O2/c1-3-31-20-12-32-13(2)8-18(20)25(36)34-21-9-15(21)10-22(34)24(35)33-23(14-4-5-14)17-7-6-16(11-19(17)27)26(28,29)30/h6-8,11-12,14-15,21-23,31H,3-5,9-10H2,1-2H3,(H,33,35)/t15-,21-,22-,23?/m1/s1. The summed E-state index contributed by atoms with van der Waals surface area (Å²) < 4.78 is 53.8. The summed E-state index contributed by atoms with van der Waals surface area (Å²) in [6.45, 7) is 4.30. The van der Waals surface area contributed by atoms with Crippen molar-refractivity contribution in [3.8, 4) is 0 Å². The van der Waals surface area contributed by atoms with Crippen molar-refractivity contribution < 1.29 is 27.2 Å². The van der Waals surface area contributed by atoms with Crippen LogP contribution in [0.3, 0.4) is 0 Å². The fourth-order valence-corrected chi connectivity index (χ4v) is 5.27. The molecule has 0 bridgehead atoms. The minimum absolute atomic E-state index is 0.0293. The van der Waals surface area contributed by atoms with Crippen LogP contribution >= 0.6 is 0 Å². The smallest absolute Gasteiger partial charge is 0.383 e. The summed E-state index contributed by atoms with van der Waals surface area (Å²) in [5, 5.41) is 6.03. The van der Waals surface area contributed by atoms with Gasteiger partial charge in [0.25, 0.3) is 5.91 Å². The van der Waals surface area contributed by atoms with Crippen molar-refractivity contribution in [3.05, 3.63) is 58.7 Å². The molecule has 0 radical (unpaired) electrons. The van der Waals surface area contributed by atoms with E-state index >= 15 is 0 Å². The van der Waals surface area contributed by atoms with E-state index in [0.717, 1.165) is 31.4 Å². The number of halogens is 4. The molecule has 4 atom stereocenters. The van der Waals surface area contributed by atoms with Crippen molar-refractivity contribution in [1.29, 1.82) is 0 Å². The Hall–Kier alpha value is -3.17. The molecule has 1 unspecified atom stereocenters. The lowest BCUT2D eigenvalue weighted by atomic mass is 9.99. The maximum absolute atomic E-state index is 14.8. The summed E-state index contributed by atoms with van der Waals surface area (Å²) in [5.74, 6) is -1.47. The highest BCUT2D eigenvalue weighted by Crippen LogP contribution is 2.49.